The number of hydrogen-bond donors (Lipinski definition) is 1. The van der Waals surface area contributed by atoms with E-state index in [1.165, 1.54) is 29.4 Å². The van der Waals surface area contributed by atoms with Crippen LogP contribution in [0.2, 0.25) is 0 Å². The third-order valence-corrected chi connectivity index (χ3v) is 5.67. The fourth-order valence-electron chi connectivity index (χ4n) is 2.68. The molecule has 1 N–H and O–H groups in total. The second kappa shape index (κ2) is 5.28. The van der Waals surface area contributed by atoms with E-state index in [0.29, 0.717) is 18.7 Å². The number of phenolic OH excluding ortho intramolecular Hbond substituents is 1. The normalized spacial score (nSPS) is 14.7. The van der Waals surface area contributed by atoms with Crippen molar-refractivity contribution in [3.63, 3.8) is 0 Å². The molecule has 1 heterocycles. The van der Waals surface area contributed by atoms with Crippen LogP contribution in [0.25, 0.3) is 0 Å². The summed E-state index contributed by atoms with van der Waals surface area (Å²) in [5.41, 5.74) is 1.66. The highest BCUT2D eigenvalue weighted by molar-refractivity contribution is 7.92. The van der Waals surface area contributed by atoms with E-state index >= 15 is 0 Å². The molecule has 3 rings (SSSR count). The first kappa shape index (κ1) is 14.8. The average molecular weight is 321 g/mol. The van der Waals surface area contributed by atoms with Crippen LogP contribution in [0.3, 0.4) is 0 Å². The van der Waals surface area contributed by atoms with Crippen LogP contribution < -0.4 is 4.31 Å². The number of aromatic hydroxyl groups is 1. The maximum Gasteiger partial charge on any atom is 0.264 e. The minimum atomic E-state index is -3.78. The molecule has 0 amide bonds. The van der Waals surface area contributed by atoms with Crippen LogP contribution in [0.4, 0.5) is 10.1 Å². The zero-order valence-electron chi connectivity index (χ0n) is 12.1. The summed E-state index contributed by atoms with van der Waals surface area (Å²) in [4.78, 5) is 0.0580. The number of fused-ring (bicyclic) bond motifs is 1. The van der Waals surface area contributed by atoms with Crippen molar-refractivity contribution in [3.05, 3.63) is 53.3 Å². The summed E-state index contributed by atoms with van der Waals surface area (Å²) in [6, 6.07) is 8.52. The van der Waals surface area contributed by atoms with E-state index in [1.807, 2.05) is 0 Å². The molecule has 0 bridgehead atoms. The second-order valence-corrected chi connectivity index (χ2v) is 7.27. The lowest BCUT2D eigenvalue weighted by Gasteiger charge is -2.30. The standard InChI is InChI=1S/C16H16FNO3S/c1-11-9-14(6-7-15(11)17)22(20,21)18-8-2-3-12-4-5-13(19)10-16(12)18/h4-7,9-10,19H,2-3,8H2,1H3. The molecule has 0 saturated carbocycles. The lowest BCUT2D eigenvalue weighted by atomic mass is 10.0. The summed E-state index contributed by atoms with van der Waals surface area (Å²) < 4.78 is 40.4. The van der Waals surface area contributed by atoms with E-state index in [0.717, 1.165) is 18.1 Å². The van der Waals surface area contributed by atoms with Gasteiger partial charge in [-0.25, -0.2) is 12.8 Å². The Balaban J connectivity index is 2.11. The molecule has 4 nitrogen and oxygen atoms in total. The predicted octanol–water partition coefficient (Wildman–Crippen LogP) is 2.98. The highest BCUT2D eigenvalue weighted by atomic mass is 32.2. The molecule has 2 aromatic carbocycles. The average Bonchev–Trinajstić information content (AvgIpc) is 2.49. The Kier molecular flexibility index (Phi) is 3.56. The van der Waals surface area contributed by atoms with Crippen molar-refractivity contribution >= 4 is 15.7 Å². The molecular formula is C16H16FNO3S. The van der Waals surface area contributed by atoms with Gasteiger partial charge < -0.3 is 5.11 Å². The Hall–Kier alpha value is -2.08. The van der Waals surface area contributed by atoms with Crippen molar-refractivity contribution in [1.82, 2.24) is 0 Å². The van der Waals surface area contributed by atoms with Crippen molar-refractivity contribution in [2.24, 2.45) is 0 Å². The van der Waals surface area contributed by atoms with Gasteiger partial charge in [0.25, 0.3) is 10.0 Å². The van der Waals surface area contributed by atoms with Gasteiger partial charge in [0.05, 0.1) is 10.6 Å². The Labute approximate surface area is 128 Å². The Bertz CT molecular complexity index is 833. The molecule has 0 aliphatic carbocycles. The topological polar surface area (TPSA) is 57.6 Å². The van der Waals surface area contributed by atoms with Crippen LogP contribution in [0.5, 0.6) is 5.75 Å². The van der Waals surface area contributed by atoms with Gasteiger partial charge in [0, 0.05) is 12.6 Å². The second-order valence-electron chi connectivity index (χ2n) is 5.40. The molecule has 0 unspecified atom stereocenters. The summed E-state index contributed by atoms with van der Waals surface area (Å²) in [7, 11) is -3.78. The number of aryl methyl sites for hydroxylation is 2. The Morgan fingerprint density at radius 1 is 1.18 bits per heavy atom. The highest BCUT2D eigenvalue weighted by Gasteiger charge is 2.29. The summed E-state index contributed by atoms with van der Waals surface area (Å²) in [6.45, 7) is 1.87. The SMILES string of the molecule is Cc1cc(S(=O)(=O)N2CCCc3ccc(O)cc32)ccc1F. The van der Waals surface area contributed by atoms with Crippen LogP contribution in [-0.4, -0.2) is 20.1 Å². The molecule has 0 saturated heterocycles. The Morgan fingerprint density at radius 3 is 2.68 bits per heavy atom. The Morgan fingerprint density at radius 2 is 1.95 bits per heavy atom. The molecule has 0 fully saturated rings. The molecule has 1 aliphatic heterocycles. The van der Waals surface area contributed by atoms with Crippen molar-refractivity contribution in [2.45, 2.75) is 24.7 Å². The number of sulfonamides is 1. The number of nitrogens with zero attached hydrogens (tertiary/aromatic N) is 1. The van der Waals surface area contributed by atoms with Crippen LogP contribution in [0, 0.1) is 12.7 Å². The van der Waals surface area contributed by atoms with E-state index in [4.69, 9.17) is 0 Å². The lowest BCUT2D eigenvalue weighted by molar-refractivity contribution is 0.475. The molecule has 0 spiro atoms. The third kappa shape index (κ3) is 2.43. The van der Waals surface area contributed by atoms with E-state index < -0.39 is 15.8 Å². The van der Waals surface area contributed by atoms with E-state index in [9.17, 15) is 17.9 Å². The number of phenols is 1. The quantitative estimate of drug-likeness (QED) is 0.925. The third-order valence-electron chi connectivity index (χ3n) is 3.86. The fourth-order valence-corrected chi connectivity index (χ4v) is 4.30. The number of rotatable bonds is 2. The van der Waals surface area contributed by atoms with Crippen LogP contribution in [-0.2, 0) is 16.4 Å². The van der Waals surface area contributed by atoms with E-state index in [-0.39, 0.29) is 16.2 Å². The van der Waals surface area contributed by atoms with Crippen LogP contribution >= 0.6 is 0 Å². The van der Waals surface area contributed by atoms with E-state index in [1.54, 1.807) is 12.1 Å². The van der Waals surface area contributed by atoms with Gasteiger partial charge in [0.2, 0.25) is 0 Å². The zero-order chi connectivity index (χ0) is 15.9. The maximum absolute atomic E-state index is 13.4. The van der Waals surface area contributed by atoms with Gasteiger partial charge >= 0.3 is 0 Å². The van der Waals surface area contributed by atoms with Crippen molar-refractivity contribution in [3.8, 4) is 5.75 Å². The first-order chi connectivity index (χ1) is 10.4. The zero-order valence-corrected chi connectivity index (χ0v) is 12.9. The van der Waals surface area contributed by atoms with Crippen molar-refractivity contribution in [1.29, 1.82) is 0 Å². The molecule has 1 aliphatic rings. The number of hydrogen-bond acceptors (Lipinski definition) is 3. The maximum atomic E-state index is 13.4. The molecule has 0 radical (unpaired) electrons. The number of halogens is 1. The van der Waals surface area contributed by atoms with Crippen LogP contribution in [0.1, 0.15) is 17.5 Å². The summed E-state index contributed by atoms with van der Waals surface area (Å²) in [6.07, 6.45) is 1.47. The largest absolute Gasteiger partial charge is 0.508 e. The van der Waals surface area contributed by atoms with Gasteiger partial charge in [0.15, 0.2) is 0 Å². The highest BCUT2D eigenvalue weighted by Crippen LogP contribution is 2.34. The van der Waals surface area contributed by atoms with Gasteiger partial charge in [0.1, 0.15) is 11.6 Å². The molecule has 2 aromatic rings. The first-order valence-electron chi connectivity index (χ1n) is 7.00. The minimum Gasteiger partial charge on any atom is -0.508 e. The molecule has 22 heavy (non-hydrogen) atoms. The smallest absolute Gasteiger partial charge is 0.264 e. The molecular weight excluding hydrogens is 305 g/mol. The van der Waals surface area contributed by atoms with Gasteiger partial charge in [-0.15, -0.1) is 0 Å². The van der Waals surface area contributed by atoms with Gasteiger partial charge in [-0.3, -0.25) is 4.31 Å². The molecule has 6 heteroatoms. The van der Waals surface area contributed by atoms with Crippen LogP contribution in [0.15, 0.2) is 41.3 Å². The lowest BCUT2D eigenvalue weighted by Crippen LogP contribution is -2.35. The van der Waals surface area contributed by atoms with Gasteiger partial charge in [-0.05, 0) is 55.2 Å². The first-order valence-corrected chi connectivity index (χ1v) is 8.44. The number of anilines is 1. The van der Waals surface area contributed by atoms with Crippen molar-refractivity contribution < 1.29 is 17.9 Å². The summed E-state index contributed by atoms with van der Waals surface area (Å²) >= 11 is 0. The molecule has 0 atom stereocenters. The summed E-state index contributed by atoms with van der Waals surface area (Å²) in [5, 5.41) is 9.65. The monoisotopic (exact) mass is 321 g/mol. The predicted molar refractivity (Wildman–Crippen MR) is 82.1 cm³/mol. The van der Waals surface area contributed by atoms with Gasteiger partial charge in [-0.2, -0.15) is 0 Å². The van der Waals surface area contributed by atoms with E-state index in [2.05, 4.69) is 0 Å². The summed E-state index contributed by atoms with van der Waals surface area (Å²) in [5.74, 6) is -0.410. The minimum absolute atomic E-state index is 0.0242. The van der Waals surface area contributed by atoms with Crippen molar-refractivity contribution in [2.75, 3.05) is 10.8 Å². The van der Waals surface area contributed by atoms with Gasteiger partial charge in [-0.1, -0.05) is 6.07 Å². The molecule has 0 aromatic heterocycles. The molecule has 116 valence electrons. The number of benzene rings is 2. The fraction of sp³-hybridized carbons (Fsp3) is 0.250.